The average Bonchev–Trinajstić information content (AvgIpc) is 2.90. The van der Waals surface area contributed by atoms with Crippen LogP contribution in [-0.2, 0) is 19.6 Å². The maximum atomic E-state index is 13.4. The van der Waals surface area contributed by atoms with E-state index in [0.29, 0.717) is 16.1 Å². The van der Waals surface area contributed by atoms with E-state index in [-0.39, 0.29) is 23.3 Å². The first-order chi connectivity index (χ1) is 14.6. The molecule has 1 fully saturated rings. The highest BCUT2D eigenvalue weighted by Crippen LogP contribution is 2.29. The van der Waals surface area contributed by atoms with Gasteiger partial charge in [-0.05, 0) is 76.5 Å². The predicted molar refractivity (Wildman–Crippen MR) is 119 cm³/mol. The zero-order chi connectivity index (χ0) is 22.8. The highest BCUT2D eigenvalue weighted by Gasteiger charge is 2.38. The predicted octanol–water partition coefficient (Wildman–Crippen LogP) is 1.91. The Bertz CT molecular complexity index is 995. The molecule has 2 N–H and O–H groups in total. The van der Waals surface area contributed by atoms with Crippen LogP contribution in [0.2, 0.25) is 5.02 Å². The summed E-state index contributed by atoms with van der Waals surface area (Å²) in [5.41, 5.74) is 1.09. The Hall–Kier alpha value is -2.10. The van der Waals surface area contributed by atoms with Crippen LogP contribution in [0.3, 0.4) is 0 Å². The Morgan fingerprint density at radius 1 is 1.23 bits per heavy atom. The monoisotopic (exact) mass is 468 g/mol. The van der Waals surface area contributed by atoms with E-state index in [4.69, 9.17) is 11.6 Å². The Morgan fingerprint density at radius 3 is 2.71 bits per heavy atom. The number of hydrogen-bond acceptors (Lipinski definition) is 5. The average molecular weight is 469 g/mol. The van der Waals surface area contributed by atoms with Crippen LogP contribution in [0.15, 0.2) is 29.4 Å². The second-order valence-electron chi connectivity index (χ2n) is 8.24. The Balaban J connectivity index is 1.80. The van der Waals surface area contributed by atoms with E-state index >= 15 is 0 Å². The van der Waals surface area contributed by atoms with Gasteiger partial charge < -0.3 is 15.5 Å². The zero-order valence-corrected chi connectivity index (χ0v) is 19.6. The number of carbonyl (C=O) groups is 2. The lowest BCUT2D eigenvalue weighted by Crippen LogP contribution is -2.51. The molecule has 3 rings (SSSR count). The van der Waals surface area contributed by atoms with E-state index in [1.807, 2.05) is 7.05 Å². The number of halogens is 1. The summed E-state index contributed by atoms with van der Waals surface area (Å²) in [6.45, 7) is 5.23. The normalized spacial score (nSPS) is 22.7. The van der Waals surface area contributed by atoms with Crippen molar-refractivity contribution in [2.45, 2.75) is 56.5 Å². The zero-order valence-electron chi connectivity index (χ0n) is 18.0. The van der Waals surface area contributed by atoms with Crippen LogP contribution in [0.5, 0.6) is 0 Å². The molecule has 1 unspecified atom stereocenters. The van der Waals surface area contributed by atoms with E-state index in [1.54, 1.807) is 19.9 Å². The van der Waals surface area contributed by atoms with Crippen molar-refractivity contribution in [3.63, 3.8) is 0 Å². The molecule has 0 radical (unpaired) electrons. The minimum atomic E-state index is -4.07. The molecule has 0 spiro atoms. The van der Waals surface area contributed by atoms with Crippen molar-refractivity contribution in [2.75, 3.05) is 20.1 Å². The summed E-state index contributed by atoms with van der Waals surface area (Å²) in [6.07, 6.45) is 4.96. The van der Waals surface area contributed by atoms with Crippen molar-refractivity contribution in [1.82, 2.24) is 19.8 Å². The molecule has 2 heterocycles. The molecular weight excluding hydrogens is 440 g/mol. The van der Waals surface area contributed by atoms with Gasteiger partial charge in [-0.1, -0.05) is 11.6 Å². The number of benzene rings is 1. The summed E-state index contributed by atoms with van der Waals surface area (Å²) in [5.74, 6) is -0.876. The lowest BCUT2D eigenvalue weighted by atomic mass is 10.1. The minimum absolute atomic E-state index is 0.0193. The number of hydrogen-bond donors (Lipinski definition) is 2. The quantitative estimate of drug-likeness (QED) is 0.687. The molecule has 1 aromatic carbocycles. The summed E-state index contributed by atoms with van der Waals surface area (Å²) in [5, 5.41) is 5.96. The Morgan fingerprint density at radius 2 is 1.97 bits per heavy atom. The molecule has 1 saturated heterocycles. The Kier molecular flexibility index (Phi) is 7.28. The number of nitrogens with one attached hydrogen (secondary N) is 2. The molecule has 2 amide bonds. The minimum Gasteiger partial charge on any atom is -0.353 e. The van der Waals surface area contributed by atoms with Gasteiger partial charge in [-0.3, -0.25) is 13.9 Å². The number of likely N-dealkylation sites (tertiary alicyclic amines) is 1. The smallest absolute Gasteiger partial charge is 0.264 e. The molecular formula is C21H29ClN4O4S. The standard InChI is InChI=1S/C21H29ClN4O4S/c1-14-12-19(15(2)11-17(14)22)31(29,30)26-10-7-23-21(28)18(26)13-20(27)24-16-5-4-8-25(3)9-6-16/h7,10-12,16,18H,4-6,8-9,13H2,1-3H3,(H,23,28)(H,24,27)/t16?,18-/m1/s1. The molecule has 170 valence electrons. The molecule has 8 nitrogen and oxygen atoms in total. The topological polar surface area (TPSA) is 98.8 Å². The Labute approximate surface area is 188 Å². The van der Waals surface area contributed by atoms with E-state index in [2.05, 4.69) is 15.5 Å². The molecule has 0 saturated carbocycles. The summed E-state index contributed by atoms with van der Waals surface area (Å²) in [7, 11) is -2.02. The van der Waals surface area contributed by atoms with Crippen molar-refractivity contribution in [2.24, 2.45) is 0 Å². The summed E-state index contributed by atoms with van der Waals surface area (Å²) in [6, 6.07) is 1.93. The van der Waals surface area contributed by atoms with E-state index in [0.717, 1.165) is 36.7 Å². The lowest BCUT2D eigenvalue weighted by Gasteiger charge is -2.32. The van der Waals surface area contributed by atoms with Crippen molar-refractivity contribution < 1.29 is 18.0 Å². The first-order valence-electron chi connectivity index (χ1n) is 10.3. The number of aryl methyl sites for hydroxylation is 2. The molecule has 1 aromatic rings. The molecule has 0 aromatic heterocycles. The third-order valence-electron chi connectivity index (χ3n) is 5.76. The van der Waals surface area contributed by atoms with Gasteiger partial charge in [0.2, 0.25) is 11.8 Å². The van der Waals surface area contributed by atoms with Crippen LogP contribution in [-0.4, -0.2) is 61.7 Å². The second kappa shape index (κ2) is 9.58. The number of nitrogens with zero attached hydrogens (tertiary/aromatic N) is 2. The lowest BCUT2D eigenvalue weighted by molar-refractivity contribution is -0.129. The number of sulfonamides is 1. The fourth-order valence-electron chi connectivity index (χ4n) is 3.93. The molecule has 0 bridgehead atoms. The summed E-state index contributed by atoms with van der Waals surface area (Å²) < 4.78 is 27.8. The van der Waals surface area contributed by atoms with Crippen LogP contribution < -0.4 is 10.6 Å². The number of carbonyl (C=O) groups excluding carboxylic acids is 2. The SMILES string of the molecule is Cc1cc(S(=O)(=O)N2C=CNC(=O)[C@H]2CC(=O)NC2CCCN(C)CC2)c(C)cc1Cl. The van der Waals surface area contributed by atoms with E-state index < -0.39 is 22.0 Å². The largest absolute Gasteiger partial charge is 0.353 e. The molecule has 10 heteroatoms. The number of rotatable bonds is 5. The van der Waals surface area contributed by atoms with Crippen LogP contribution in [0.25, 0.3) is 0 Å². The van der Waals surface area contributed by atoms with Crippen molar-refractivity contribution >= 4 is 33.4 Å². The van der Waals surface area contributed by atoms with Crippen LogP contribution in [0.1, 0.15) is 36.8 Å². The van der Waals surface area contributed by atoms with Gasteiger partial charge in [-0.25, -0.2) is 8.42 Å². The number of amides is 2. The first-order valence-corrected chi connectivity index (χ1v) is 12.2. The van der Waals surface area contributed by atoms with Gasteiger partial charge in [0.1, 0.15) is 6.04 Å². The third-order valence-corrected chi connectivity index (χ3v) is 8.10. The first kappa shape index (κ1) is 23.6. The van der Waals surface area contributed by atoms with Gasteiger partial charge in [0, 0.05) is 23.5 Å². The maximum absolute atomic E-state index is 13.4. The third kappa shape index (κ3) is 5.39. The van der Waals surface area contributed by atoms with Gasteiger partial charge in [0.15, 0.2) is 0 Å². The van der Waals surface area contributed by atoms with Crippen LogP contribution in [0, 0.1) is 13.8 Å². The summed E-state index contributed by atoms with van der Waals surface area (Å²) >= 11 is 6.11. The van der Waals surface area contributed by atoms with Gasteiger partial charge in [-0.2, -0.15) is 0 Å². The molecule has 2 atom stereocenters. The highest BCUT2D eigenvalue weighted by atomic mass is 35.5. The fraction of sp³-hybridized carbons (Fsp3) is 0.524. The van der Waals surface area contributed by atoms with Crippen LogP contribution in [0.4, 0.5) is 0 Å². The molecule has 0 aliphatic carbocycles. The fourth-order valence-corrected chi connectivity index (χ4v) is 5.89. The van der Waals surface area contributed by atoms with E-state index in [1.165, 1.54) is 18.5 Å². The molecule has 2 aliphatic rings. The van der Waals surface area contributed by atoms with Gasteiger partial charge in [0.25, 0.3) is 10.0 Å². The van der Waals surface area contributed by atoms with Crippen LogP contribution >= 0.6 is 11.6 Å². The highest BCUT2D eigenvalue weighted by molar-refractivity contribution is 7.89. The van der Waals surface area contributed by atoms with Crippen molar-refractivity contribution in [3.8, 4) is 0 Å². The summed E-state index contributed by atoms with van der Waals surface area (Å²) in [4.78, 5) is 27.5. The molecule has 31 heavy (non-hydrogen) atoms. The maximum Gasteiger partial charge on any atom is 0.264 e. The van der Waals surface area contributed by atoms with Gasteiger partial charge >= 0.3 is 0 Å². The van der Waals surface area contributed by atoms with Gasteiger partial charge in [0.05, 0.1) is 11.3 Å². The molecule has 2 aliphatic heterocycles. The van der Waals surface area contributed by atoms with Gasteiger partial charge in [-0.15, -0.1) is 0 Å². The van der Waals surface area contributed by atoms with Crippen molar-refractivity contribution in [3.05, 3.63) is 40.7 Å². The van der Waals surface area contributed by atoms with Crippen molar-refractivity contribution in [1.29, 1.82) is 0 Å². The van der Waals surface area contributed by atoms with E-state index in [9.17, 15) is 18.0 Å². The second-order valence-corrected chi connectivity index (χ2v) is 10.5.